The molecular weight excluding hydrogens is 297 g/mol. The van der Waals surface area contributed by atoms with Crippen LogP contribution in [0.5, 0.6) is 0 Å². The molecule has 1 amide bonds. The molecular formula is C10H13F3N4O2S. The molecule has 6 nitrogen and oxygen atoms in total. The van der Waals surface area contributed by atoms with Crippen LogP contribution in [0.15, 0.2) is 11.5 Å². The predicted molar refractivity (Wildman–Crippen MR) is 64.1 cm³/mol. The van der Waals surface area contributed by atoms with Crippen LogP contribution >= 0.6 is 11.8 Å². The molecule has 20 heavy (non-hydrogen) atoms. The van der Waals surface area contributed by atoms with Crippen molar-refractivity contribution in [2.45, 2.75) is 36.3 Å². The molecule has 0 bridgehead atoms. The molecule has 2 N–H and O–H groups in total. The zero-order valence-corrected chi connectivity index (χ0v) is 11.1. The van der Waals surface area contributed by atoms with Crippen molar-refractivity contribution in [1.82, 2.24) is 20.1 Å². The summed E-state index contributed by atoms with van der Waals surface area (Å²) in [6.45, 7) is -0.849. The number of hydrogen-bond acceptors (Lipinski definition) is 5. The third-order valence-electron chi connectivity index (χ3n) is 2.68. The summed E-state index contributed by atoms with van der Waals surface area (Å²) in [5, 5.41) is 18.9. The van der Waals surface area contributed by atoms with Gasteiger partial charge in [0, 0.05) is 6.04 Å². The second kappa shape index (κ2) is 6.00. The molecule has 1 atom stereocenters. The molecule has 2 rings (SSSR count). The van der Waals surface area contributed by atoms with Gasteiger partial charge < -0.3 is 15.0 Å². The van der Waals surface area contributed by atoms with Gasteiger partial charge in [0.25, 0.3) is 0 Å². The monoisotopic (exact) mass is 310 g/mol. The Morgan fingerprint density at radius 1 is 1.60 bits per heavy atom. The third-order valence-corrected chi connectivity index (χ3v) is 3.64. The maximum atomic E-state index is 12.0. The van der Waals surface area contributed by atoms with Crippen LogP contribution in [0.3, 0.4) is 0 Å². The number of aliphatic hydroxyl groups is 1. The van der Waals surface area contributed by atoms with Crippen molar-refractivity contribution in [2.75, 3.05) is 12.3 Å². The van der Waals surface area contributed by atoms with Crippen LogP contribution in [-0.2, 0) is 4.79 Å². The van der Waals surface area contributed by atoms with E-state index < -0.39 is 24.7 Å². The maximum absolute atomic E-state index is 12.0. The number of amides is 1. The molecule has 1 aliphatic carbocycles. The Balaban J connectivity index is 1.73. The van der Waals surface area contributed by atoms with Crippen molar-refractivity contribution >= 4 is 17.7 Å². The van der Waals surface area contributed by atoms with Gasteiger partial charge in [0.1, 0.15) is 6.33 Å². The molecule has 0 radical (unpaired) electrons. The van der Waals surface area contributed by atoms with Crippen LogP contribution in [0.4, 0.5) is 13.2 Å². The summed E-state index contributed by atoms with van der Waals surface area (Å²) in [6, 6.07) is 0.364. The fraction of sp³-hybridized carbons (Fsp3) is 0.700. The van der Waals surface area contributed by atoms with Crippen LogP contribution in [0.1, 0.15) is 18.9 Å². The lowest BCUT2D eigenvalue weighted by atomic mass is 10.3. The molecule has 0 aromatic carbocycles. The van der Waals surface area contributed by atoms with Crippen molar-refractivity contribution in [1.29, 1.82) is 0 Å². The number of alkyl halides is 3. The first-order chi connectivity index (χ1) is 9.38. The number of carbonyl (C=O) groups excluding carboxylic acids is 1. The lowest BCUT2D eigenvalue weighted by molar-refractivity contribution is -0.201. The molecule has 1 heterocycles. The highest BCUT2D eigenvalue weighted by molar-refractivity contribution is 7.99. The molecule has 0 spiro atoms. The first kappa shape index (κ1) is 15.1. The molecule has 0 aliphatic heterocycles. The van der Waals surface area contributed by atoms with Gasteiger partial charge in [-0.1, -0.05) is 11.8 Å². The zero-order valence-electron chi connectivity index (χ0n) is 10.3. The fourth-order valence-corrected chi connectivity index (χ4v) is 2.26. The highest BCUT2D eigenvalue weighted by atomic mass is 32.2. The van der Waals surface area contributed by atoms with E-state index >= 15 is 0 Å². The molecule has 1 fully saturated rings. The normalized spacial score (nSPS) is 17.0. The summed E-state index contributed by atoms with van der Waals surface area (Å²) in [5.74, 6) is -0.667. The Kier molecular flexibility index (Phi) is 4.53. The number of carbonyl (C=O) groups is 1. The number of thioether (sulfide) groups is 1. The molecule has 1 aromatic rings. The molecule has 10 heteroatoms. The molecule has 1 aliphatic rings. The summed E-state index contributed by atoms with van der Waals surface area (Å²) < 4.78 is 37.9. The van der Waals surface area contributed by atoms with Gasteiger partial charge in [-0.2, -0.15) is 13.2 Å². The molecule has 112 valence electrons. The second-order valence-electron chi connectivity index (χ2n) is 4.40. The molecule has 1 saturated carbocycles. The van der Waals surface area contributed by atoms with Gasteiger partial charge in [-0.25, -0.2) is 0 Å². The number of halogens is 3. The van der Waals surface area contributed by atoms with Crippen molar-refractivity contribution in [3.05, 3.63) is 6.33 Å². The average molecular weight is 310 g/mol. The van der Waals surface area contributed by atoms with E-state index in [2.05, 4.69) is 10.2 Å². The van der Waals surface area contributed by atoms with Gasteiger partial charge in [0.05, 0.1) is 12.3 Å². The SMILES string of the molecule is O=C(CSc1nncn1C1CC1)NCC(O)C(F)(F)F. The van der Waals surface area contributed by atoms with Gasteiger partial charge in [0.15, 0.2) is 11.3 Å². The number of nitrogens with zero attached hydrogens (tertiary/aromatic N) is 3. The van der Waals surface area contributed by atoms with Crippen LogP contribution < -0.4 is 5.32 Å². The standard InChI is InChI=1S/C10H13F3N4O2S/c11-10(12,13)7(18)3-14-8(19)4-20-9-16-15-5-17(9)6-1-2-6/h5-7,18H,1-4H2,(H,14,19). The minimum absolute atomic E-state index is 0.0734. The Morgan fingerprint density at radius 2 is 2.30 bits per heavy atom. The van der Waals surface area contributed by atoms with Crippen LogP contribution in [0, 0.1) is 0 Å². The van der Waals surface area contributed by atoms with E-state index in [1.807, 2.05) is 9.88 Å². The highest BCUT2D eigenvalue weighted by Gasteiger charge is 2.38. The maximum Gasteiger partial charge on any atom is 0.416 e. The average Bonchev–Trinajstić information content (AvgIpc) is 3.11. The quantitative estimate of drug-likeness (QED) is 0.758. The smallest absolute Gasteiger partial charge is 0.382 e. The fourth-order valence-electron chi connectivity index (χ4n) is 1.45. The number of nitrogens with one attached hydrogen (secondary N) is 1. The van der Waals surface area contributed by atoms with Crippen molar-refractivity contribution in [2.24, 2.45) is 0 Å². The van der Waals surface area contributed by atoms with Gasteiger partial charge in [-0.15, -0.1) is 10.2 Å². The number of rotatable bonds is 6. The third kappa shape index (κ3) is 4.10. The molecule has 1 aromatic heterocycles. The molecule has 0 saturated heterocycles. The first-order valence-electron chi connectivity index (χ1n) is 5.91. The second-order valence-corrected chi connectivity index (χ2v) is 5.34. The van der Waals surface area contributed by atoms with Gasteiger partial charge in [-0.05, 0) is 12.8 Å². The minimum atomic E-state index is -4.73. The number of hydrogen-bond donors (Lipinski definition) is 2. The molecule has 1 unspecified atom stereocenters. The Hall–Kier alpha value is -1.29. The first-order valence-corrected chi connectivity index (χ1v) is 6.90. The van der Waals surface area contributed by atoms with E-state index in [-0.39, 0.29) is 5.75 Å². The van der Waals surface area contributed by atoms with Crippen LogP contribution in [0.2, 0.25) is 0 Å². The van der Waals surface area contributed by atoms with Gasteiger partial charge in [-0.3, -0.25) is 4.79 Å². The minimum Gasteiger partial charge on any atom is -0.382 e. The van der Waals surface area contributed by atoms with Crippen molar-refractivity contribution in [3.8, 4) is 0 Å². The highest BCUT2D eigenvalue weighted by Crippen LogP contribution is 2.37. The van der Waals surface area contributed by atoms with E-state index in [0.717, 1.165) is 24.6 Å². The predicted octanol–water partition coefficient (Wildman–Crippen LogP) is 0.744. The van der Waals surface area contributed by atoms with Crippen LogP contribution in [-0.4, -0.2) is 50.4 Å². The van der Waals surface area contributed by atoms with Crippen molar-refractivity contribution in [3.63, 3.8) is 0 Å². The lowest BCUT2D eigenvalue weighted by Crippen LogP contribution is -2.41. The summed E-state index contributed by atoms with van der Waals surface area (Å²) in [7, 11) is 0. The summed E-state index contributed by atoms with van der Waals surface area (Å²) in [5.41, 5.74) is 0. The number of aliphatic hydroxyl groups excluding tert-OH is 1. The topological polar surface area (TPSA) is 80.0 Å². The van der Waals surface area contributed by atoms with E-state index in [9.17, 15) is 18.0 Å². The van der Waals surface area contributed by atoms with Crippen LogP contribution in [0.25, 0.3) is 0 Å². The lowest BCUT2D eigenvalue weighted by Gasteiger charge is -2.14. The van der Waals surface area contributed by atoms with E-state index in [1.165, 1.54) is 0 Å². The van der Waals surface area contributed by atoms with Gasteiger partial charge >= 0.3 is 6.18 Å². The van der Waals surface area contributed by atoms with Gasteiger partial charge in [0.2, 0.25) is 5.91 Å². The number of aromatic nitrogens is 3. The summed E-state index contributed by atoms with van der Waals surface area (Å²) in [4.78, 5) is 11.4. The Morgan fingerprint density at radius 3 is 2.90 bits per heavy atom. The summed E-state index contributed by atoms with van der Waals surface area (Å²) in [6.07, 6.45) is -3.63. The van der Waals surface area contributed by atoms with E-state index in [1.54, 1.807) is 6.33 Å². The Bertz CT molecular complexity index is 475. The zero-order chi connectivity index (χ0) is 14.8. The summed E-state index contributed by atoms with van der Waals surface area (Å²) >= 11 is 1.10. The largest absolute Gasteiger partial charge is 0.416 e. The van der Waals surface area contributed by atoms with E-state index in [4.69, 9.17) is 5.11 Å². The van der Waals surface area contributed by atoms with Crippen molar-refractivity contribution < 1.29 is 23.1 Å². The van der Waals surface area contributed by atoms with E-state index in [0.29, 0.717) is 11.2 Å². The Labute approximate surface area is 116 Å².